The molecule has 10 heteroatoms. The molecule has 0 aliphatic carbocycles. The molecule has 0 saturated carbocycles. The molecule has 36 heavy (non-hydrogen) atoms. The summed E-state index contributed by atoms with van der Waals surface area (Å²) in [5, 5.41) is 3.35. The second-order valence-corrected chi connectivity index (χ2v) is 10.9. The summed E-state index contributed by atoms with van der Waals surface area (Å²) in [6, 6.07) is 19.8. The minimum absolute atomic E-state index is 0.103. The van der Waals surface area contributed by atoms with Crippen LogP contribution in [0.25, 0.3) is 0 Å². The fourth-order valence-corrected chi connectivity index (χ4v) is 6.12. The molecule has 1 saturated heterocycles. The van der Waals surface area contributed by atoms with E-state index in [-0.39, 0.29) is 36.0 Å². The fraction of sp³-hybridized carbons (Fsp3) is 0.231. The number of ether oxygens (including phenoxy) is 1. The second kappa shape index (κ2) is 10.0. The number of morpholine rings is 1. The average molecular weight is 526 g/mol. The number of carbonyl (C=O) groups excluding carboxylic acids is 2. The summed E-state index contributed by atoms with van der Waals surface area (Å²) in [6.45, 7) is 1.08. The van der Waals surface area contributed by atoms with E-state index in [1.807, 2.05) is 30.3 Å². The molecule has 0 aromatic heterocycles. The van der Waals surface area contributed by atoms with Crippen LogP contribution in [-0.4, -0.2) is 62.3 Å². The smallest absolute Gasteiger partial charge is 0.255 e. The number of rotatable bonds is 4. The number of hydrogen-bond donors (Lipinski definition) is 1. The van der Waals surface area contributed by atoms with Gasteiger partial charge in [0.15, 0.2) is 0 Å². The Bertz CT molecular complexity index is 1390. The van der Waals surface area contributed by atoms with E-state index in [1.165, 1.54) is 33.5 Å². The third-order valence-electron chi connectivity index (χ3n) is 6.29. The van der Waals surface area contributed by atoms with Gasteiger partial charge in [-0.2, -0.15) is 4.31 Å². The minimum Gasteiger partial charge on any atom is -0.379 e. The van der Waals surface area contributed by atoms with E-state index in [4.69, 9.17) is 16.3 Å². The molecular weight excluding hydrogens is 502 g/mol. The summed E-state index contributed by atoms with van der Waals surface area (Å²) in [5.41, 5.74) is 2.37. The Morgan fingerprint density at radius 3 is 2.36 bits per heavy atom. The number of benzene rings is 3. The van der Waals surface area contributed by atoms with Crippen LogP contribution in [-0.2, 0) is 19.6 Å². The Balaban J connectivity index is 1.52. The summed E-state index contributed by atoms with van der Waals surface area (Å²) >= 11 is 6.30. The van der Waals surface area contributed by atoms with Crippen molar-refractivity contribution in [1.82, 2.24) is 9.21 Å². The minimum atomic E-state index is -3.69. The van der Waals surface area contributed by atoms with Crippen molar-refractivity contribution >= 4 is 39.1 Å². The number of fused-ring (bicyclic) bond motifs is 1. The Labute approximate surface area is 214 Å². The van der Waals surface area contributed by atoms with Gasteiger partial charge in [-0.25, -0.2) is 8.42 Å². The molecule has 3 aromatic carbocycles. The molecule has 1 fully saturated rings. The number of nitrogens with zero attached hydrogens (tertiary/aromatic N) is 2. The molecule has 2 aliphatic rings. The lowest BCUT2D eigenvalue weighted by atomic mass is 9.95. The van der Waals surface area contributed by atoms with Crippen molar-refractivity contribution in [3.8, 4) is 0 Å². The van der Waals surface area contributed by atoms with Gasteiger partial charge in [0.1, 0.15) is 6.54 Å². The van der Waals surface area contributed by atoms with E-state index >= 15 is 0 Å². The summed E-state index contributed by atoms with van der Waals surface area (Å²) in [7, 11) is -3.69. The van der Waals surface area contributed by atoms with Gasteiger partial charge < -0.3 is 15.0 Å². The van der Waals surface area contributed by atoms with Crippen LogP contribution < -0.4 is 5.32 Å². The molecule has 0 spiro atoms. The van der Waals surface area contributed by atoms with Gasteiger partial charge in [-0.1, -0.05) is 41.9 Å². The molecule has 5 rings (SSSR count). The first-order valence-corrected chi connectivity index (χ1v) is 13.3. The molecule has 0 unspecified atom stereocenters. The van der Waals surface area contributed by atoms with Crippen LogP contribution in [0.1, 0.15) is 27.5 Å². The monoisotopic (exact) mass is 525 g/mol. The highest BCUT2D eigenvalue weighted by atomic mass is 35.5. The predicted molar refractivity (Wildman–Crippen MR) is 135 cm³/mol. The van der Waals surface area contributed by atoms with Gasteiger partial charge in [-0.05, 0) is 48.0 Å². The van der Waals surface area contributed by atoms with Crippen LogP contribution in [0.5, 0.6) is 0 Å². The molecule has 1 atom stereocenters. The third kappa shape index (κ3) is 4.75. The quantitative estimate of drug-likeness (QED) is 0.562. The maximum Gasteiger partial charge on any atom is 0.255 e. The molecule has 2 amide bonds. The van der Waals surface area contributed by atoms with Crippen molar-refractivity contribution in [2.45, 2.75) is 10.9 Å². The molecule has 2 aliphatic heterocycles. The number of amides is 2. The number of hydrogen-bond acceptors (Lipinski definition) is 5. The SMILES string of the molecule is O=C1CN(C(=O)c2ccc(S(=O)(=O)N3CCOCC3)cc2)[C@@H](c2ccccc2)c2cc(Cl)ccc2N1. The summed E-state index contributed by atoms with van der Waals surface area (Å²) in [5.74, 6) is -0.737. The van der Waals surface area contributed by atoms with Crippen LogP contribution in [0.3, 0.4) is 0 Å². The van der Waals surface area contributed by atoms with Crippen molar-refractivity contribution in [3.63, 3.8) is 0 Å². The van der Waals surface area contributed by atoms with E-state index in [0.717, 1.165) is 5.56 Å². The lowest BCUT2D eigenvalue weighted by molar-refractivity contribution is -0.117. The zero-order chi connectivity index (χ0) is 25.3. The predicted octanol–water partition coefficient (Wildman–Crippen LogP) is 3.54. The zero-order valence-electron chi connectivity index (χ0n) is 19.3. The van der Waals surface area contributed by atoms with E-state index in [2.05, 4.69) is 5.32 Å². The second-order valence-electron chi connectivity index (χ2n) is 8.57. The molecule has 186 valence electrons. The lowest BCUT2D eigenvalue weighted by Crippen LogP contribution is -2.40. The Kier molecular flexibility index (Phi) is 6.81. The van der Waals surface area contributed by atoms with Crippen molar-refractivity contribution in [2.75, 3.05) is 38.2 Å². The number of anilines is 1. The molecule has 3 aromatic rings. The van der Waals surface area contributed by atoms with Crippen LogP contribution in [0.4, 0.5) is 5.69 Å². The Morgan fingerprint density at radius 1 is 0.972 bits per heavy atom. The van der Waals surface area contributed by atoms with Crippen LogP contribution in [0.15, 0.2) is 77.7 Å². The van der Waals surface area contributed by atoms with Crippen molar-refractivity contribution < 1.29 is 22.7 Å². The zero-order valence-corrected chi connectivity index (χ0v) is 20.8. The maximum absolute atomic E-state index is 13.8. The van der Waals surface area contributed by atoms with Gasteiger partial charge >= 0.3 is 0 Å². The van der Waals surface area contributed by atoms with Gasteiger partial charge in [-0.15, -0.1) is 0 Å². The van der Waals surface area contributed by atoms with E-state index in [9.17, 15) is 18.0 Å². The van der Waals surface area contributed by atoms with Crippen LogP contribution in [0, 0.1) is 0 Å². The van der Waals surface area contributed by atoms with E-state index in [1.54, 1.807) is 18.2 Å². The molecular formula is C26H24ClN3O5S. The highest BCUT2D eigenvalue weighted by molar-refractivity contribution is 7.89. The van der Waals surface area contributed by atoms with E-state index in [0.29, 0.717) is 29.5 Å². The Hall–Kier alpha value is -3.24. The number of carbonyl (C=O) groups is 2. The molecule has 1 N–H and O–H groups in total. The Morgan fingerprint density at radius 2 is 1.67 bits per heavy atom. The van der Waals surface area contributed by atoms with Gasteiger partial charge in [0.25, 0.3) is 5.91 Å². The first-order chi connectivity index (χ1) is 17.3. The van der Waals surface area contributed by atoms with Crippen molar-refractivity contribution in [2.24, 2.45) is 0 Å². The number of sulfonamides is 1. The van der Waals surface area contributed by atoms with Gasteiger partial charge in [0.05, 0.1) is 24.2 Å². The van der Waals surface area contributed by atoms with Gasteiger partial charge in [-0.3, -0.25) is 9.59 Å². The normalized spacial score (nSPS) is 18.8. The van der Waals surface area contributed by atoms with Crippen LogP contribution >= 0.6 is 11.6 Å². The maximum atomic E-state index is 13.8. The summed E-state index contributed by atoms with van der Waals surface area (Å²) in [4.78, 5) is 28.1. The lowest BCUT2D eigenvalue weighted by Gasteiger charge is -2.31. The highest BCUT2D eigenvalue weighted by Crippen LogP contribution is 2.38. The third-order valence-corrected chi connectivity index (χ3v) is 8.44. The summed E-state index contributed by atoms with van der Waals surface area (Å²) < 4.78 is 32.6. The van der Waals surface area contributed by atoms with Crippen molar-refractivity contribution in [1.29, 1.82) is 0 Å². The summed E-state index contributed by atoms with van der Waals surface area (Å²) in [6.07, 6.45) is 0. The highest BCUT2D eigenvalue weighted by Gasteiger charge is 2.34. The number of nitrogens with one attached hydrogen (secondary N) is 1. The van der Waals surface area contributed by atoms with Gasteiger partial charge in [0, 0.05) is 34.9 Å². The number of halogens is 1. The van der Waals surface area contributed by atoms with Crippen molar-refractivity contribution in [3.05, 3.63) is 94.5 Å². The standard InChI is InChI=1S/C26H24ClN3O5S/c27-20-8-11-23-22(16-20)25(18-4-2-1-3-5-18)30(17-24(31)28-23)26(32)19-6-9-21(10-7-19)36(33,34)29-12-14-35-15-13-29/h1-11,16,25H,12-15,17H2,(H,28,31)/t25-/m0/s1. The average Bonchev–Trinajstić information content (AvgIpc) is 3.05. The first-order valence-electron chi connectivity index (χ1n) is 11.5. The largest absolute Gasteiger partial charge is 0.379 e. The topological polar surface area (TPSA) is 96.0 Å². The molecule has 8 nitrogen and oxygen atoms in total. The first kappa shape index (κ1) is 24.5. The van der Waals surface area contributed by atoms with Gasteiger partial charge in [0.2, 0.25) is 15.9 Å². The molecule has 0 bridgehead atoms. The molecule has 2 heterocycles. The molecule has 0 radical (unpaired) electrons. The van der Waals surface area contributed by atoms with E-state index < -0.39 is 22.0 Å². The van der Waals surface area contributed by atoms with Crippen LogP contribution in [0.2, 0.25) is 5.02 Å². The fourth-order valence-electron chi connectivity index (χ4n) is 4.53.